The number of hydrogen-bond donors (Lipinski definition) is 2. The topological polar surface area (TPSA) is 72.9 Å². The predicted octanol–water partition coefficient (Wildman–Crippen LogP) is -1.21. The molecule has 0 aromatic heterocycles. The van der Waals surface area contributed by atoms with Crippen molar-refractivity contribution < 1.29 is 14.7 Å². The number of nitrogens with one attached hydrogen (secondary N) is 1. The van der Waals surface area contributed by atoms with Crippen molar-refractivity contribution in [2.24, 2.45) is 0 Å². The van der Waals surface area contributed by atoms with E-state index in [9.17, 15) is 14.7 Å². The molecule has 2 fully saturated rings. The van der Waals surface area contributed by atoms with Crippen LogP contribution in [0.1, 0.15) is 19.8 Å². The molecule has 2 atom stereocenters. The van der Waals surface area contributed by atoms with Gasteiger partial charge in [-0.15, -0.1) is 0 Å². The number of amides is 2. The third-order valence-electron chi connectivity index (χ3n) is 3.62. The largest absolute Gasteiger partial charge is 0.384 e. The van der Waals surface area contributed by atoms with Gasteiger partial charge in [0, 0.05) is 26.2 Å². The minimum absolute atomic E-state index is 0.0379. The second-order valence-corrected chi connectivity index (χ2v) is 4.98. The third kappa shape index (κ3) is 2.81. The van der Waals surface area contributed by atoms with Crippen LogP contribution >= 0.6 is 0 Å². The molecule has 2 amide bonds. The number of piperazine rings is 1. The van der Waals surface area contributed by atoms with Gasteiger partial charge < -0.3 is 20.2 Å². The van der Waals surface area contributed by atoms with E-state index in [-0.39, 0.29) is 17.9 Å². The fourth-order valence-electron chi connectivity index (χ4n) is 2.53. The molecule has 0 aromatic rings. The molecule has 2 heterocycles. The Morgan fingerprint density at radius 3 is 2.33 bits per heavy atom. The van der Waals surface area contributed by atoms with Gasteiger partial charge in [0.15, 0.2) is 0 Å². The van der Waals surface area contributed by atoms with E-state index in [4.69, 9.17) is 0 Å². The van der Waals surface area contributed by atoms with Crippen LogP contribution in [-0.4, -0.2) is 71.6 Å². The van der Waals surface area contributed by atoms with Crippen LogP contribution in [0.2, 0.25) is 0 Å². The Hall–Kier alpha value is -1.14. The maximum Gasteiger partial charge on any atom is 0.251 e. The van der Waals surface area contributed by atoms with E-state index < -0.39 is 6.10 Å². The molecule has 2 unspecified atom stereocenters. The number of rotatable bonds is 2. The smallest absolute Gasteiger partial charge is 0.251 e. The van der Waals surface area contributed by atoms with Crippen molar-refractivity contribution >= 4 is 11.8 Å². The number of carbonyl (C=O) groups excluding carboxylic acids is 2. The molecule has 0 saturated carbocycles. The minimum Gasteiger partial charge on any atom is -0.384 e. The van der Waals surface area contributed by atoms with Crippen molar-refractivity contribution in [3.8, 4) is 0 Å². The van der Waals surface area contributed by atoms with Gasteiger partial charge in [-0.3, -0.25) is 9.59 Å². The van der Waals surface area contributed by atoms with Gasteiger partial charge in [-0.2, -0.15) is 0 Å². The lowest BCUT2D eigenvalue weighted by molar-refractivity contribution is -0.145. The fourth-order valence-corrected chi connectivity index (χ4v) is 2.53. The predicted molar refractivity (Wildman–Crippen MR) is 65.9 cm³/mol. The first-order valence-electron chi connectivity index (χ1n) is 6.58. The Kier molecular flexibility index (Phi) is 4.19. The number of aliphatic hydroxyl groups excluding tert-OH is 1. The maximum absolute atomic E-state index is 12.1. The zero-order chi connectivity index (χ0) is 13.1. The number of hydrogen-bond acceptors (Lipinski definition) is 4. The van der Waals surface area contributed by atoms with Gasteiger partial charge in [0.25, 0.3) is 5.91 Å². The highest BCUT2D eigenvalue weighted by molar-refractivity contribution is 5.83. The van der Waals surface area contributed by atoms with Gasteiger partial charge in [-0.25, -0.2) is 0 Å². The Balaban J connectivity index is 1.82. The molecule has 102 valence electrons. The molecule has 2 aliphatic heterocycles. The first kappa shape index (κ1) is 13.3. The van der Waals surface area contributed by atoms with Gasteiger partial charge in [0.1, 0.15) is 6.10 Å². The molecule has 2 rings (SSSR count). The maximum atomic E-state index is 12.1. The second-order valence-electron chi connectivity index (χ2n) is 4.98. The van der Waals surface area contributed by atoms with E-state index in [1.54, 1.807) is 4.90 Å². The summed E-state index contributed by atoms with van der Waals surface area (Å²) in [6, 6.07) is -0.0379. The summed E-state index contributed by atoms with van der Waals surface area (Å²) in [5.74, 6) is -0.0993. The highest BCUT2D eigenvalue weighted by Crippen LogP contribution is 2.11. The van der Waals surface area contributed by atoms with Gasteiger partial charge in [-0.05, 0) is 26.3 Å². The summed E-state index contributed by atoms with van der Waals surface area (Å²) in [4.78, 5) is 27.1. The van der Waals surface area contributed by atoms with Crippen LogP contribution < -0.4 is 5.32 Å². The van der Waals surface area contributed by atoms with Gasteiger partial charge in [0.2, 0.25) is 5.91 Å². The summed E-state index contributed by atoms with van der Waals surface area (Å²) in [6.07, 6.45) is 1.01. The lowest BCUT2D eigenvalue weighted by Gasteiger charge is -2.36. The first-order valence-corrected chi connectivity index (χ1v) is 6.58. The summed E-state index contributed by atoms with van der Waals surface area (Å²) in [5.41, 5.74) is 0. The SMILES string of the molecule is CC(O)C(=O)N1CCN(C(=O)C2CCCN2)CC1. The highest BCUT2D eigenvalue weighted by Gasteiger charge is 2.30. The fraction of sp³-hybridized carbons (Fsp3) is 0.833. The molecule has 18 heavy (non-hydrogen) atoms. The first-order chi connectivity index (χ1) is 8.59. The van der Waals surface area contributed by atoms with Gasteiger partial charge in [0.05, 0.1) is 6.04 Å². The van der Waals surface area contributed by atoms with E-state index in [1.807, 2.05) is 4.90 Å². The van der Waals surface area contributed by atoms with Crippen LogP contribution in [0.3, 0.4) is 0 Å². The minimum atomic E-state index is -0.955. The standard InChI is InChI=1S/C12H21N3O3/c1-9(16)11(17)14-5-7-15(8-6-14)12(18)10-3-2-4-13-10/h9-10,13,16H,2-8H2,1H3. The van der Waals surface area contributed by atoms with Crippen molar-refractivity contribution in [3.63, 3.8) is 0 Å². The summed E-state index contributed by atoms with van der Waals surface area (Å²) in [6.45, 7) is 4.55. The van der Waals surface area contributed by atoms with Gasteiger partial charge in [-0.1, -0.05) is 0 Å². The summed E-state index contributed by atoms with van der Waals surface area (Å²) < 4.78 is 0. The van der Waals surface area contributed by atoms with E-state index in [0.717, 1.165) is 19.4 Å². The molecule has 0 bridgehead atoms. The molecule has 0 spiro atoms. The molecule has 0 aromatic carbocycles. The summed E-state index contributed by atoms with van der Waals surface area (Å²) in [7, 11) is 0. The van der Waals surface area contributed by atoms with E-state index in [2.05, 4.69) is 5.32 Å². The van der Waals surface area contributed by atoms with Crippen molar-refractivity contribution in [2.45, 2.75) is 31.9 Å². The molecule has 6 nitrogen and oxygen atoms in total. The van der Waals surface area contributed by atoms with Crippen molar-refractivity contribution in [1.82, 2.24) is 15.1 Å². The monoisotopic (exact) mass is 255 g/mol. The van der Waals surface area contributed by atoms with Crippen LogP contribution in [0.25, 0.3) is 0 Å². The summed E-state index contributed by atoms with van der Waals surface area (Å²) in [5, 5.41) is 12.4. The van der Waals surface area contributed by atoms with E-state index in [0.29, 0.717) is 26.2 Å². The van der Waals surface area contributed by atoms with Crippen LogP contribution in [0.15, 0.2) is 0 Å². The number of aliphatic hydroxyl groups is 1. The van der Waals surface area contributed by atoms with Gasteiger partial charge >= 0.3 is 0 Å². The molecule has 0 radical (unpaired) electrons. The lowest BCUT2D eigenvalue weighted by Crippen LogP contribution is -2.55. The molecular weight excluding hydrogens is 234 g/mol. The van der Waals surface area contributed by atoms with Crippen LogP contribution in [0.4, 0.5) is 0 Å². The Morgan fingerprint density at radius 1 is 1.22 bits per heavy atom. The molecular formula is C12H21N3O3. The van der Waals surface area contributed by atoms with Crippen molar-refractivity contribution in [3.05, 3.63) is 0 Å². The molecule has 0 aliphatic carbocycles. The molecule has 2 aliphatic rings. The lowest BCUT2D eigenvalue weighted by atomic mass is 10.2. The highest BCUT2D eigenvalue weighted by atomic mass is 16.3. The van der Waals surface area contributed by atoms with Crippen LogP contribution in [-0.2, 0) is 9.59 Å². The zero-order valence-electron chi connectivity index (χ0n) is 10.8. The average molecular weight is 255 g/mol. The Labute approximate surface area is 107 Å². The second kappa shape index (κ2) is 5.67. The zero-order valence-corrected chi connectivity index (χ0v) is 10.8. The normalized spacial score (nSPS) is 26.2. The Morgan fingerprint density at radius 2 is 1.83 bits per heavy atom. The number of nitrogens with zero attached hydrogens (tertiary/aromatic N) is 2. The van der Waals surface area contributed by atoms with Crippen molar-refractivity contribution in [2.75, 3.05) is 32.7 Å². The molecule has 2 N–H and O–H groups in total. The van der Waals surface area contributed by atoms with Crippen LogP contribution in [0, 0.1) is 0 Å². The van der Waals surface area contributed by atoms with Crippen molar-refractivity contribution in [1.29, 1.82) is 0 Å². The molecule has 6 heteroatoms. The van der Waals surface area contributed by atoms with E-state index >= 15 is 0 Å². The summed E-state index contributed by atoms with van der Waals surface area (Å²) >= 11 is 0. The quantitative estimate of drug-likeness (QED) is 0.649. The van der Waals surface area contributed by atoms with E-state index in [1.165, 1.54) is 6.92 Å². The molecule has 2 saturated heterocycles. The van der Waals surface area contributed by atoms with Crippen LogP contribution in [0.5, 0.6) is 0 Å². The average Bonchev–Trinajstić information content (AvgIpc) is 2.91. The third-order valence-corrected chi connectivity index (χ3v) is 3.62. The Bertz CT molecular complexity index is 319. The number of carbonyl (C=O) groups is 2.